The van der Waals surface area contributed by atoms with E-state index in [4.69, 9.17) is 14.7 Å². The molecule has 5 heteroatoms. The largest absolute Gasteiger partial charge is 0.497 e. The number of rotatable bonds is 6. The highest BCUT2D eigenvalue weighted by atomic mass is 16.5. The Morgan fingerprint density at radius 2 is 1.70 bits per heavy atom. The average molecular weight is 437 g/mol. The molecule has 3 aromatic carbocycles. The van der Waals surface area contributed by atoms with E-state index in [1.807, 2.05) is 12.1 Å². The molecule has 6 rings (SSSR count). The van der Waals surface area contributed by atoms with Crippen LogP contribution in [-0.2, 0) is 13.0 Å². The number of aromatic nitrogens is 2. The molecule has 1 unspecified atom stereocenters. The molecule has 1 fully saturated rings. The molecular formula is C28H28N4O. The Hall–Kier alpha value is -3.60. The summed E-state index contributed by atoms with van der Waals surface area (Å²) >= 11 is 0. The molecule has 1 aliphatic heterocycles. The molecule has 0 radical (unpaired) electrons. The molecule has 0 amide bonds. The predicted octanol–water partition coefficient (Wildman–Crippen LogP) is 5.89. The lowest BCUT2D eigenvalue weighted by molar-refractivity contribution is 0.414. The second-order valence-corrected chi connectivity index (χ2v) is 9.12. The minimum Gasteiger partial charge on any atom is -0.497 e. The molecule has 2 aliphatic rings. The van der Waals surface area contributed by atoms with Gasteiger partial charge in [0.1, 0.15) is 11.6 Å². The molecule has 0 bridgehead atoms. The first kappa shape index (κ1) is 20.0. The Morgan fingerprint density at radius 1 is 0.939 bits per heavy atom. The van der Waals surface area contributed by atoms with Crippen LogP contribution in [0.1, 0.15) is 30.9 Å². The molecule has 166 valence electrons. The number of hydrogen-bond donors (Lipinski definition) is 0. The molecule has 1 saturated carbocycles. The molecule has 33 heavy (non-hydrogen) atoms. The monoisotopic (exact) mass is 436 g/mol. The van der Waals surface area contributed by atoms with Gasteiger partial charge in [-0.1, -0.05) is 42.5 Å². The maximum Gasteiger partial charge on any atom is 0.228 e. The van der Waals surface area contributed by atoms with E-state index in [-0.39, 0.29) is 0 Å². The molecule has 1 atom stereocenters. The number of hydrogen-bond acceptors (Lipinski definition) is 5. The van der Waals surface area contributed by atoms with Crippen LogP contribution < -0.4 is 14.5 Å². The van der Waals surface area contributed by atoms with E-state index in [2.05, 4.69) is 77.4 Å². The Kier molecular flexibility index (Phi) is 4.90. The van der Waals surface area contributed by atoms with Gasteiger partial charge >= 0.3 is 0 Å². The van der Waals surface area contributed by atoms with E-state index in [0.717, 1.165) is 41.4 Å². The second kappa shape index (κ2) is 8.07. The summed E-state index contributed by atoms with van der Waals surface area (Å²) in [6.45, 7) is 3.07. The van der Waals surface area contributed by atoms with Crippen molar-refractivity contribution in [1.82, 2.24) is 9.97 Å². The summed E-state index contributed by atoms with van der Waals surface area (Å²) in [6.07, 6.45) is 3.40. The second-order valence-electron chi connectivity index (χ2n) is 9.12. The van der Waals surface area contributed by atoms with Crippen LogP contribution >= 0.6 is 0 Å². The van der Waals surface area contributed by atoms with Gasteiger partial charge in [0.2, 0.25) is 5.95 Å². The zero-order chi connectivity index (χ0) is 22.4. The van der Waals surface area contributed by atoms with Gasteiger partial charge in [0.25, 0.3) is 0 Å². The van der Waals surface area contributed by atoms with Crippen LogP contribution in [-0.4, -0.2) is 29.2 Å². The van der Waals surface area contributed by atoms with Gasteiger partial charge in [0.05, 0.1) is 12.6 Å². The van der Waals surface area contributed by atoms with Gasteiger partial charge in [-0.2, -0.15) is 4.98 Å². The van der Waals surface area contributed by atoms with Crippen molar-refractivity contribution < 1.29 is 4.74 Å². The van der Waals surface area contributed by atoms with Crippen molar-refractivity contribution >= 4 is 28.4 Å². The number of ether oxygens (including phenoxy) is 1. The van der Waals surface area contributed by atoms with Crippen molar-refractivity contribution in [3.05, 3.63) is 83.9 Å². The van der Waals surface area contributed by atoms with Crippen LogP contribution in [0.3, 0.4) is 0 Å². The van der Waals surface area contributed by atoms with E-state index >= 15 is 0 Å². The first-order chi connectivity index (χ1) is 16.2. The van der Waals surface area contributed by atoms with Crippen LogP contribution in [0.25, 0.3) is 10.9 Å². The third kappa shape index (κ3) is 3.67. The van der Waals surface area contributed by atoms with Gasteiger partial charge in [-0.05, 0) is 67.6 Å². The van der Waals surface area contributed by atoms with Crippen molar-refractivity contribution in [2.75, 3.05) is 16.9 Å². The number of anilines is 3. The van der Waals surface area contributed by atoms with E-state index < -0.39 is 0 Å². The van der Waals surface area contributed by atoms with Gasteiger partial charge in [0, 0.05) is 29.7 Å². The zero-order valence-corrected chi connectivity index (χ0v) is 19.1. The Balaban J connectivity index is 1.45. The normalized spacial score (nSPS) is 17.3. The summed E-state index contributed by atoms with van der Waals surface area (Å²) in [6, 6.07) is 26.2. The summed E-state index contributed by atoms with van der Waals surface area (Å²) in [7, 11) is 1.70. The van der Waals surface area contributed by atoms with Gasteiger partial charge in [-0.3, -0.25) is 0 Å². The predicted molar refractivity (Wildman–Crippen MR) is 133 cm³/mol. The Labute approximate surface area is 194 Å². The Bertz CT molecular complexity index is 1300. The summed E-state index contributed by atoms with van der Waals surface area (Å²) < 4.78 is 5.33. The number of nitrogens with zero attached hydrogens (tertiary/aromatic N) is 4. The highest BCUT2D eigenvalue weighted by Gasteiger charge is 2.34. The van der Waals surface area contributed by atoms with Crippen molar-refractivity contribution in [3.63, 3.8) is 0 Å². The van der Waals surface area contributed by atoms with Crippen molar-refractivity contribution in [2.24, 2.45) is 0 Å². The molecular weight excluding hydrogens is 408 g/mol. The first-order valence-corrected chi connectivity index (χ1v) is 11.7. The minimum absolute atomic E-state index is 0.351. The van der Waals surface area contributed by atoms with Gasteiger partial charge in [-0.25, -0.2) is 4.98 Å². The molecule has 0 saturated heterocycles. The molecule has 4 aromatic rings. The third-order valence-corrected chi connectivity index (χ3v) is 6.76. The number of methoxy groups -OCH3 is 1. The molecule has 1 aliphatic carbocycles. The van der Waals surface area contributed by atoms with Crippen LogP contribution in [0, 0.1) is 0 Å². The zero-order valence-electron chi connectivity index (χ0n) is 19.1. The van der Waals surface area contributed by atoms with E-state index in [1.165, 1.54) is 29.7 Å². The smallest absolute Gasteiger partial charge is 0.228 e. The number of para-hydroxylation sites is 2. The van der Waals surface area contributed by atoms with Crippen molar-refractivity contribution in [3.8, 4) is 5.75 Å². The molecule has 0 N–H and O–H groups in total. The summed E-state index contributed by atoms with van der Waals surface area (Å²) in [5, 5.41) is 1.10. The highest BCUT2D eigenvalue weighted by Crippen LogP contribution is 2.41. The van der Waals surface area contributed by atoms with Crippen molar-refractivity contribution in [2.45, 2.75) is 44.8 Å². The number of benzene rings is 3. The fraction of sp³-hybridized carbons (Fsp3) is 0.286. The third-order valence-electron chi connectivity index (χ3n) is 6.76. The average Bonchev–Trinajstić information content (AvgIpc) is 3.64. The van der Waals surface area contributed by atoms with Crippen molar-refractivity contribution in [1.29, 1.82) is 0 Å². The standard InChI is InChI=1S/C28H28N4O/c1-19-17-21-7-3-6-10-26(21)32(19)27-24-8-4-5-9-25(24)29-28(30-27)31(22-13-14-22)18-20-11-15-23(33-2)16-12-20/h3-12,15-16,19,22H,13-14,17-18H2,1-2H3. The van der Waals surface area contributed by atoms with Gasteiger partial charge in [0.15, 0.2) is 0 Å². The maximum absolute atomic E-state index is 5.33. The van der Waals surface area contributed by atoms with Gasteiger partial charge in [-0.15, -0.1) is 0 Å². The summed E-state index contributed by atoms with van der Waals surface area (Å²) in [5.41, 5.74) is 4.87. The lowest BCUT2D eigenvalue weighted by atomic mass is 10.1. The highest BCUT2D eigenvalue weighted by molar-refractivity contribution is 5.93. The van der Waals surface area contributed by atoms with E-state index in [1.54, 1.807) is 7.11 Å². The van der Waals surface area contributed by atoms with E-state index in [9.17, 15) is 0 Å². The quantitative estimate of drug-likeness (QED) is 0.377. The van der Waals surface area contributed by atoms with Crippen LogP contribution in [0.4, 0.5) is 17.5 Å². The molecule has 5 nitrogen and oxygen atoms in total. The number of fused-ring (bicyclic) bond motifs is 2. The molecule has 0 spiro atoms. The molecule has 2 heterocycles. The lowest BCUT2D eigenvalue weighted by Crippen LogP contribution is -2.29. The fourth-order valence-electron chi connectivity index (χ4n) is 4.93. The lowest BCUT2D eigenvalue weighted by Gasteiger charge is -2.28. The Morgan fingerprint density at radius 3 is 2.48 bits per heavy atom. The van der Waals surface area contributed by atoms with Crippen LogP contribution in [0.5, 0.6) is 5.75 Å². The SMILES string of the molecule is COc1ccc(CN(c2nc(N3c4ccccc4CC3C)c3ccccc3n2)C2CC2)cc1. The first-order valence-electron chi connectivity index (χ1n) is 11.7. The summed E-state index contributed by atoms with van der Waals surface area (Å²) in [4.78, 5) is 15.1. The van der Waals surface area contributed by atoms with Crippen LogP contribution in [0.15, 0.2) is 72.8 Å². The van der Waals surface area contributed by atoms with E-state index in [0.29, 0.717) is 12.1 Å². The summed E-state index contributed by atoms with van der Waals surface area (Å²) in [5.74, 6) is 2.70. The topological polar surface area (TPSA) is 41.5 Å². The fourth-order valence-corrected chi connectivity index (χ4v) is 4.93. The van der Waals surface area contributed by atoms with Crippen LogP contribution in [0.2, 0.25) is 0 Å². The molecule has 1 aromatic heterocycles. The van der Waals surface area contributed by atoms with Gasteiger partial charge < -0.3 is 14.5 Å². The minimum atomic E-state index is 0.351. The maximum atomic E-state index is 5.33.